The van der Waals surface area contributed by atoms with Gasteiger partial charge in [-0.25, -0.2) is 31.9 Å². The van der Waals surface area contributed by atoms with E-state index in [2.05, 4.69) is 13.2 Å². The molecule has 0 fully saturated rings. The van der Waals surface area contributed by atoms with E-state index in [-0.39, 0.29) is 79.1 Å². The van der Waals surface area contributed by atoms with Gasteiger partial charge >= 0.3 is 17.9 Å². The molecule has 6 aromatic rings. The molecule has 0 amide bonds. The van der Waals surface area contributed by atoms with Gasteiger partial charge in [-0.3, -0.25) is 0 Å². The van der Waals surface area contributed by atoms with Crippen LogP contribution in [0.4, 0.5) is 17.6 Å². The van der Waals surface area contributed by atoms with Gasteiger partial charge in [0, 0.05) is 41.4 Å². The molecule has 0 heterocycles. The minimum Gasteiger partial charge on any atom is -0.494 e. The average molecular weight is 1620 g/mol. The summed E-state index contributed by atoms with van der Waals surface area (Å²) in [5, 5.41) is 0. The highest BCUT2D eigenvalue weighted by Gasteiger charge is 2.35. The van der Waals surface area contributed by atoms with Gasteiger partial charge in [0.25, 0.3) is 0 Å². The number of carbonyl (C=O) groups is 3. The van der Waals surface area contributed by atoms with E-state index in [4.69, 9.17) is 42.6 Å². The van der Waals surface area contributed by atoms with Gasteiger partial charge in [-0.2, -0.15) is 0 Å². The Bertz CT molecular complexity index is 2990. The number of hydrogen-bond donors (Lipinski definition) is 0. The first-order valence-electron chi connectivity index (χ1n) is 27.4. The topological polar surface area (TPSA) is 134 Å². The molecule has 0 aliphatic carbocycles. The third kappa shape index (κ3) is 26.3. The van der Waals surface area contributed by atoms with Crippen molar-refractivity contribution in [1.29, 1.82) is 0 Å². The zero-order chi connectivity index (χ0) is 61.0. The fourth-order valence-electron chi connectivity index (χ4n) is 7.98. The van der Waals surface area contributed by atoms with E-state index in [0.717, 1.165) is 6.42 Å². The zero-order valence-electron chi connectivity index (χ0n) is 46.5. The summed E-state index contributed by atoms with van der Waals surface area (Å²) in [7, 11) is 0. The molecule has 0 saturated carbocycles. The molecule has 85 heavy (non-hydrogen) atoms. The van der Waals surface area contributed by atoms with Gasteiger partial charge in [0.2, 0.25) is 11.8 Å². The first kappa shape index (κ1) is 68.8. The van der Waals surface area contributed by atoms with Crippen molar-refractivity contribution in [2.45, 2.75) is 91.8 Å². The van der Waals surface area contributed by atoms with Gasteiger partial charge in [-0.15, -0.1) is 13.2 Å². The number of hydrogen-bond acceptors (Lipinski definition) is 12. The van der Waals surface area contributed by atoms with Crippen molar-refractivity contribution in [3.05, 3.63) is 188 Å². The van der Waals surface area contributed by atoms with Crippen molar-refractivity contribution >= 4 is 108 Å². The van der Waals surface area contributed by atoms with E-state index < -0.39 is 29.8 Å². The molecule has 0 bridgehead atoms. The van der Waals surface area contributed by atoms with Gasteiger partial charge in [0.1, 0.15) is 51.7 Å². The zero-order valence-corrected chi connectivity index (χ0v) is 55.1. The summed E-state index contributed by atoms with van der Waals surface area (Å²) in [6.07, 6.45) is 5.35. The molecule has 0 spiro atoms. The van der Waals surface area contributed by atoms with Crippen LogP contribution >= 0.6 is 90.4 Å². The summed E-state index contributed by atoms with van der Waals surface area (Å²) >= 11 is 8.13. The fraction of sp³-hybridized carbons (Fsp3) is 0.338. The molecule has 6 rings (SSSR count). The molecule has 0 saturated heterocycles. The lowest BCUT2D eigenvalue weighted by Gasteiger charge is -2.22. The second kappa shape index (κ2) is 36.1. The molecule has 4 atom stereocenters. The fourth-order valence-corrected chi connectivity index (χ4v) is 11.6. The predicted octanol–water partition coefficient (Wildman–Crippen LogP) is 17.8. The van der Waals surface area contributed by atoms with Gasteiger partial charge in [-0.1, -0.05) is 103 Å². The molecule has 454 valence electrons. The monoisotopic (exact) mass is 1620 g/mol. The maximum atomic E-state index is 15.1. The quantitative estimate of drug-likeness (QED) is 0.00695. The number of alkyl halides is 8. The molecule has 0 aliphatic heterocycles. The molecular formula is C65H66F4I4O12. The predicted molar refractivity (Wildman–Crippen MR) is 354 cm³/mol. The molecular weight excluding hydrogens is 1560 g/mol. The summed E-state index contributed by atoms with van der Waals surface area (Å²) in [5.41, 5.74) is 0.982. The minimum absolute atomic E-state index is 0.205. The van der Waals surface area contributed by atoms with E-state index in [1.165, 1.54) is 0 Å². The van der Waals surface area contributed by atoms with Crippen molar-refractivity contribution in [3.8, 4) is 51.7 Å². The Labute approximate surface area is 548 Å². The lowest BCUT2D eigenvalue weighted by atomic mass is 10.1. The highest BCUT2D eigenvalue weighted by molar-refractivity contribution is 14.1. The van der Waals surface area contributed by atoms with E-state index in [1.807, 2.05) is 90.4 Å². The van der Waals surface area contributed by atoms with E-state index in [9.17, 15) is 14.4 Å². The average Bonchev–Trinajstić information content (AvgIpc) is 3.56. The van der Waals surface area contributed by atoms with Gasteiger partial charge < -0.3 is 42.6 Å². The summed E-state index contributed by atoms with van der Waals surface area (Å²) in [6, 6.07) is 39.2. The maximum Gasteiger partial charge on any atom is 0.343 e. The molecule has 0 aliphatic rings. The van der Waals surface area contributed by atoms with Crippen LogP contribution in [0, 0.1) is 0 Å². The van der Waals surface area contributed by atoms with Crippen LogP contribution in [0.5, 0.6) is 51.7 Å². The number of carbonyl (C=O) groups excluding carboxylic acids is 3. The summed E-state index contributed by atoms with van der Waals surface area (Å²) in [6.45, 7) is 9.21. The van der Waals surface area contributed by atoms with Crippen LogP contribution in [-0.4, -0.2) is 85.1 Å². The third-order valence-corrected chi connectivity index (χ3v) is 16.7. The minimum atomic E-state index is -2.89. The van der Waals surface area contributed by atoms with Gasteiger partial charge in [0.15, 0.2) is 0 Å². The van der Waals surface area contributed by atoms with Gasteiger partial charge in [0.05, 0.1) is 56.3 Å². The van der Waals surface area contributed by atoms with Crippen molar-refractivity contribution in [2.75, 3.05) is 39.6 Å². The van der Waals surface area contributed by atoms with Crippen molar-refractivity contribution < 1.29 is 74.6 Å². The highest BCUT2D eigenvalue weighted by Crippen LogP contribution is 2.36. The van der Waals surface area contributed by atoms with Crippen molar-refractivity contribution in [3.63, 3.8) is 0 Å². The molecule has 12 nitrogen and oxygen atoms in total. The van der Waals surface area contributed by atoms with E-state index in [1.54, 1.807) is 158 Å². The second-order valence-corrected chi connectivity index (χ2v) is 26.5. The lowest BCUT2D eigenvalue weighted by Crippen LogP contribution is -2.26. The standard InChI is InChI=1S/C65H66F4I4O12/c1-3-5-35-77-52-13-7-45(8-14-52)61(74)84-59-27-21-56(22-28-59)81-39-33-50(72)43-65(68,69)42-49(71)32-38-80-54-17-11-47(12-18-54)63(76)85-60-29-23-57(24-30-60)82-40-34-51(73)44-64(66,67)41-48(70)31-37-79-53-15-9-46(10-16-53)62(75)83-58-25-19-55(20-26-58)78-36-6-4-2/h3-4,7-30,48-51H,1-2,5-6,31-44H2. The van der Waals surface area contributed by atoms with Crippen LogP contribution in [0.25, 0.3) is 0 Å². The molecule has 0 aromatic heterocycles. The van der Waals surface area contributed by atoms with Crippen LogP contribution in [-0.2, 0) is 0 Å². The Balaban J connectivity index is 0.790. The lowest BCUT2D eigenvalue weighted by molar-refractivity contribution is -0.0169. The molecule has 20 heteroatoms. The van der Waals surface area contributed by atoms with Crippen molar-refractivity contribution in [1.82, 2.24) is 0 Å². The molecule has 0 N–H and O–H groups in total. The second-order valence-electron chi connectivity index (χ2n) is 19.5. The normalized spacial score (nSPS) is 12.8. The van der Waals surface area contributed by atoms with E-state index >= 15 is 17.6 Å². The number of benzene rings is 6. The van der Waals surface area contributed by atoms with Crippen LogP contribution in [0.1, 0.15) is 95.3 Å². The number of rotatable bonds is 38. The molecule has 6 aromatic carbocycles. The Morgan fingerprint density at radius 1 is 0.341 bits per heavy atom. The van der Waals surface area contributed by atoms with Crippen LogP contribution in [0.3, 0.4) is 0 Å². The SMILES string of the molecule is C=CCCOc1ccc(OC(=O)c2ccc(OCCC(I)CC(F)(F)CC(I)CCOc3ccc(OC(=O)c4ccc(OCCC(I)CC(F)(F)CC(I)CCOc5ccc(OC(=O)c6ccc(OCCC=C)cc6)cc5)cc4)cc3)cc2)cc1. The summed E-state index contributed by atoms with van der Waals surface area (Å²) in [4.78, 5) is 38.2. The van der Waals surface area contributed by atoms with Crippen molar-refractivity contribution in [2.24, 2.45) is 0 Å². The Morgan fingerprint density at radius 2 is 0.529 bits per heavy atom. The molecule has 0 radical (unpaired) electrons. The summed E-state index contributed by atoms with van der Waals surface area (Å²) < 4.78 is 110. The Morgan fingerprint density at radius 3 is 0.741 bits per heavy atom. The van der Waals surface area contributed by atoms with Crippen LogP contribution in [0.15, 0.2) is 171 Å². The van der Waals surface area contributed by atoms with Gasteiger partial charge in [-0.05, 0) is 184 Å². The molecule has 4 unspecified atom stereocenters. The Hall–Kier alpha value is -5.35. The first-order valence-corrected chi connectivity index (χ1v) is 32.4. The Kier molecular flexibility index (Phi) is 29.2. The maximum absolute atomic E-state index is 15.1. The van der Waals surface area contributed by atoms with Crippen LogP contribution in [0.2, 0.25) is 0 Å². The number of ether oxygens (including phenoxy) is 9. The highest BCUT2D eigenvalue weighted by atomic mass is 127. The number of halogens is 8. The summed E-state index contributed by atoms with van der Waals surface area (Å²) in [5.74, 6) is -3.13. The third-order valence-electron chi connectivity index (χ3n) is 12.4. The first-order chi connectivity index (χ1) is 40.8. The number of esters is 3. The van der Waals surface area contributed by atoms with E-state index in [0.29, 0.717) is 102 Å². The largest absolute Gasteiger partial charge is 0.494 e. The smallest absolute Gasteiger partial charge is 0.343 e. The van der Waals surface area contributed by atoms with Crippen LogP contribution < -0.4 is 42.6 Å².